The van der Waals surface area contributed by atoms with Gasteiger partial charge >= 0.3 is 0 Å². The van der Waals surface area contributed by atoms with Crippen molar-refractivity contribution in [3.8, 4) is 0 Å². The number of hydrogen-bond donors (Lipinski definition) is 2. The Bertz CT molecular complexity index is 417. The van der Waals surface area contributed by atoms with E-state index in [-0.39, 0.29) is 18.4 Å². The molecule has 1 saturated heterocycles. The van der Waals surface area contributed by atoms with Crippen LogP contribution >= 0.6 is 12.4 Å². The van der Waals surface area contributed by atoms with Crippen LogP contribution in [0.5, 0.6) is 0 Å². The monoisotopic (exact) mass is 353 g/mol. The molecule has 132 valence electrons. The molecule has 0 bridgehead atoms. The summed E-state index contributed by atoms with van der Waals surface area (Å²) in [4.78, 5) is 0. The second-order valence-corrected chi connectivity index (χ2v) is 8.83. The van der Waals surface area contributed by atoms with Crippen molar-refractivity contribution in [2.75, 3.05) is 19.6 Å². The fraction of sp³-hybridized carbons (Fsp3) is 1.00. The van der Waals surface area contributed by atoms with Gasteiger partial charge in [-0.2, -0.15) is 17.4 Å². The topological polar surface area (TPSA) is 75.4 Å². The minimum absolute atomic E-state index is 0. The van der Waals surface area contributed by atoms with Crippen LogP contribution in [0.3, 0.4) is 0 Å². The quantitative estimate of drug-likeness (QED) is 0.795. The first-order valence-corrected chi connectivity index (χ1v) is 9.84. The summed E-state index contributed by atoms with van der Waals surface area (Å²) in [7, 11) is -3.41. The number of nitrogens with zero attached hydrogens (tertiary/aromatic N) is 1. The first kappa shape index (κ1) is 20.2. The minimum atomic E-state index is -3.41. The van der Waals surface area contributed by atoms with Gasteiger partial charge in [-0.05, 0) is 37.0 Å². The summed E-state index contributed by atoms with van der Waals surface area (Å²) in [5.41, 5.74) is 5.85. The van der Waals surface area contributed by atoms with Gasteiger partial charge in [-0.1, -0.05) is 33.1 Å². The molecule has 0 spiro atoms. The molecule has 22 heavy (non-hydrogen) atoms. The molecule has 0 radical (unpaired) electrons. The van der Waals surface area contributed by atoms with Crippen LogP contribution in [0.1, 0.15) is 52.4 Å². The molecule has 0 aromatic heterocycles. The van der Waals surface area contributed by atoms with Crippen LogP contribution in [0.25, 0.3) is 0 Å². The van der Waals surface area contributed by atoms with Crippen molar-refractivity contribution in [3.63, 3.8) is 0 Å². The molecule has 2 rings (SSSR count). The third-order valence-electron chi connectivity index (χ3n) is 4.95. The average molecular weight is 354 g/mol. The number of nitrogens with one attached hydrogen (secondary N) is 1. The molecule has 5 nitrogen and oxygen atoms in total. The van der Waals surface area contributed by atoms with Gasteiger partial charge in [-0.3, -0.25) is 0 Å². The number of halogens is 1. The lowest BCUT2D eigenvalue weighted by Crippen LogP contribution is -2.54. The Morgan fingerprint density at radius 2 is 1.68 bits per heavy atom. The average Bonchev–Trinajstić information content (AvgIpc) is 2.45. The van der Waals surface area contributed by atoms with Gasteiger partial charge in [0.15, 0.2) is 0 Å². The Balaban J connectivity index is 0.00000242. The van der Waals surface area contributed by atoms with E-state index in [1.165, 1.54) is 19.3 Å². The normalized spacial score (nSPS) is 29.8. The van der Waals surface area contributed by atoms with Gasteiger partial charge in [-0.25, -0.2) is 0 Å². The summed E-state index contributed by atoms with van der Waals surface area (Å²) in [6.45, 7) is 5.89. The summed E-state index contributed by atoms with van der Waals surface area (Å²) in [5, 5.41) is 0. The maximum Gasteiger partial charge on any atom is 0.279 e. The van der Waals surface area contributed by atoms with Crippen LogP contribution < -0.4 is 10.5 Å². The Kier molecular flexibility index (Phi) is 8.09. The van der Waals surface area contributed by atoms with Crippen molar-refractivity contribution < 1.29 is 8.42 Å². The predicted molar refractivity (Wildman–Crippen MR) is 93.2 cm³/mol. The van der Waals surface area contributed by atoms with E-state index in [1.54, 1.807) is 4.31 Å². The number of hydrogen-bond acceptors (Lipinski definition) is 3. The van der Waals surface area contributed by atoms with Crippen molar-refractivity contribution in [2.45, 2.75) is 58.4 Å². The van der Waals surface area contributed by atoms with Crippen LogP contribution in [-0.2, 0) is 10.2 Å². The van der Waals surface area contributed by atoms with E-state index in [0.29, 0.717) is 37.4 Å². The minimum Gasteiger partial charge on any atom is -0.329 e. The van der Waals surface area contributed by atoms with Gasteiger partial charge in [0.05, 0.1) is 0 Å². The maximum absolute atomic E-state index is 12.6. The zero-order valence-electron chi connectivity index (χ0n) is 13.8. The zero-order chi connectivity index (χ0) is 15.5. The standard InChI is InChI=1S/C15H31N3O2S.ClH/c1-12-8-13(2)11-18(10-12)21(19,20)17-15(9-16)14-6-4-3-5-7-14;/h12-15,17H,3-11,16H2,1-2H3;1H. The molecule has 2 fully saturated rings. The van der Waals surface area contributed by atoms with Crippen molar-refractivity contribution in [2.24, 2.45) is 23.5 Å². The second-order valence-electron chi connectivity index (χ2n) is 7.13. The van der Waals surface area contributed by atoms with Gasteiger partial charge in [0.1, 0.15) is 0 Å². The fourth-order valence-corrected chi connectivity index (χ4v) is 5.66. The summed E-state index contributed by atoms with van der Waals surface area (Å²) in [6, 6.07) is -0.108. The maximum atomic E-state index is 12.6. The molecule has 1 heterocycles. The van der Waals surface area contributed by atoms with Gasteiger partial charge < -0.3 is 5.73 Å². The molecule has 3 atom stereocenters. The van der Waals surface area contributed by atoms with Crippen molar-refractivity contribution in [1.29, 1.82) is 0 Å². The Hall–Kier alpha value is 0.120. The SMILES string of the molecule is CC1CC(C)CN(S(=O)(=O)NC(CN)C2CCCCC2)C1.Cl. The Morgan fingerprint density at radius 3 is 2.18 bits per heavy atom. The van der Waals surface area contributed by atoms with Crippen LogP contribution in [0.2, 0.25) is 0 Å². The molecule has 0 amide bonds. The predicted octanol–water partition coefficient (Wildman–Crippen LogP) is 2.13. The Morgan fingerprint density at radius 1 is 1.14 bits per heavy atom. The largest absolute Gasteiger partial charge is 0.329 e. The molecule has 1 aliphatic heterocycles. The molecule has 3 unspecified atom stereocenters. The highest BCUT2D eigenvalue weighted by Gasteiger charge is 2.33. The van der Waals surface area contributed by atoms with E-state index >= 15 is 0 Å². The zero-order valence-corrected chi connectivity index (χ0v) is 15.5. The van der Waals surface area contributed by atoms with E-state index in [0.717, 1.165) is 19.3 Å². The smallest absolute Gasteiger partial charge is 0.279 e. The lowest BCUT2D eigenvalue weighted by Gasteiger charge is -2.36. The highest BCUT2D eigenvalue weighted by Crippen LogP contribution is 2.27. The molecule has 2 aliphatic rings. The number of nitrogens with two attached hydrogens (primary N) is 1. The van der Waals surface area contributed by atoms with Gasteiger partial charge in [0, 0.05) is 25.7 Å². The number of piperidine rings is 1. The van der Waals surface area contributed by atoms with Crippen LogP contribution in [0, 0.1) is 17.8 Å². The van der Waals surface area contributed by atoms with Crippen LogP contribution in [-0.4, -0.2) is 38.4 Å². The second kappa shape index (κ2) is 8.83. The van der Waals surface area contributed by atoms with Crippen molar-refractivity contribution >= 4 is 22.6 Å². The summed E-state index contributed by atoms with van der Waals surface area (Å²) >= 11 is 0. The van der Waals surface area contributed by atoms with E-state index in [4.69, 9.17) is 5.73 Å². The van der Waals surface area contributed by atoms with Gasteiger partial charge in [-0.15, -0.1) is 12.4 Å². The summed E-state index contributed by atoms with van der Waals surface area (Å²) in [6.07, 6.45) is 6.95. The van der Waals surface area contributed by atoms with E-state index in [2.05, 4.69) is 18.6 Å². The highest BCUT2D eigenvalue weighted by atomic mass is 35.5. The first-order valence-electron chi connectivity index (χ1n) is 8.40. The molecule has 0 aromatic rings. The first-order chi connectivity index (χ1) is 9.92. The highest BCUT2D eigenvalue weighted by molar-refractivity contribution is 7.87. The van der Waals surface area contributed by atoms with Gasteiger partial charge in [0.25, 0.3) is 10.2 Å². The Labute approximate surface area is 142 Å². The molecule has 3 N–H and O–H groups in total. The van der Waals surface area contributed by atoms with E-state index < -0.39 is 10.2 Å². The van der Waals surface area contributed by atoms with E-state index in [9.17, 15) is 8.42 Å². The van der Waals surface area contributed by atoms with Crippen molar-refractivity contribution in [3.05, 3.63) is 0 Å². The lowest BCUT2D eigenvalue weighted by molar-refractivity contribution is 0.216. The van der Waals surface area contributed by atoms with E-state index in [1.807, 2.05) is 0 Å². The molecule has 0 aromatic carbocycles. The third kappa shape index (κ3) is 5.34. The lowest BCUT2D eigenvalue weighted by atomic mass is 9.84. The molecule has 7 heteroatoms. The summed E-state index contributed by atoms with van der Waals surface area (Å²) < 4.78 is 29.8. The molecular formula is C15H32ClN3O2S. The third-order valence-corrected chi connectivity index (χ3v) is 6.53. The van der Waals surface area contributed by atoms with Crippen molar-refractivity contribution in [1.82, 2.24) is 9.03 Å². The van der Waals surface area contributed by atoms with Crippen LogP contribution in [0.15, 0.2) is 0 Å². The molecule has 1 saturated carbocycles. The number of rotatable bonds is 5. The van der Waals surface area contributed by atoms with Crippen LogP contribution in [0.4, 0.5) is 0 Å². The fourth-order valence-electron chi connectivity index (χ4n) is 3.94. The van der Waals surface area contributed by atoms with Gasteiger partial charge in [0.2, 0.25) is 0 Å². The summed E-state index contributed by atoms with van der Waals surface area (Å²) in [5.74, 6) is 1.26. The molecular weight excluding hydrogens is 322 g/mol. The molecule has 1 aliphatic carbocycles.